The van der Waals surface area contributed by atoms with Crippen LogP contribution < -0.4 is 16.4 Å². The Labute approximate surface area is 194 Å². The number of rotatable bonds is 8. The predicted octanol–water partition coefficient (Wildman–Crippen LogP) is 2.21. The Hall–Kier alpha value is -2.14. The van der Waals surface area contributed by atoms with Crippen molar-refractivity contribution in [3.8, 4) is 11.5 Å². The first-order valence-corrected chi connectivity index (χ1v) is 10.1. The average Bonchev–Trinajstić information content (AvgIpc) is 3.23. The third-order valence-corrected chi connectivity index (χ3v) is 5.08. The van der Waals surface area contributed by atoms with Gasteiger partial charge in [-0.25, -0.2) is 4.98 Å². The fraction of sp³-hybridized carbons (Fsp3) is 0.476. The molecule has 8 nitrogen and oxygen atoms in total. The van der Waals surface area contributed by atoms with Crippen molar-refractivity contribution in [1.82, 2.24) is 20.5 Å². The highest BCUT2D eigenvalue weighted by molar-refractivity contribution is 14.0. The SMILES string of the molecule is CN=C(NCCCN1CCCC(C(N)=O)C1)NCc1coc(-c2ccccc2)n1.I. The van der Waals surface area contributed by atoms with Crippen LogP contribution >= 0.6 is 24.0 Å². The van der Waals surface area contributed by atoms with E-state index in [4.69, 9.17) is 10.2 Å². The van der Waals surface area contributed by atoms with Crippen LogP contribution in [0.25, 0.3) is 11.5 Å². The van der Waals surface area contributed by atoms with Crippen molar-refractivity contribution in [1.29, 1.82) is 0 Å². The summed E-state index contributed by atoms with van der Waals surface area (Å²) < 4.78 is 5.56. The molecule has 0 aliphatic carbocycles. The monoisotopic (exact) mass is 526 g/mol. The number of benzene rings is 1. The van der Waals surface area contributed by atoms with Crippen molar-refractivity contribution >= 4 is 35.8 Å². The third kappa shape index (κ3) is 7.28. The van der Waals surface area contributed by atoms with Gasteiger partial charge in [0.15, 0.2) is 5.96 Å². The molecule has 9 heteroatoms. The summed E-state index contributed by atoms with van der Waals surface area (Å²) in [6.45, 7) is 4.08. The average molecular weight is 526 g/mol. The normalized spacial score (nSPS) is 17.2. The van der Waals surface area contributed by atoms with Crippen LogP contribution in [0.1, 0.15) is 25.0 Å². The first kappa shape index (κ1) is 24.1. The van der Waals surface area contributed by atoms with Gasteiger partial charge in [0.1, 0.15) is 6.26 Å². The molecule has 0 saturated carbocycles. The third-order valence-electron chi connectivity index (χ3n) is 5.08. The van der Waals surface area contributed by atoms with Gasteiger partial charge in [-0.2, -0.15) is 0 Å². The molecule has 2 aromatic rings. The summed E-state index contributed by atoms with van der Waals surface area (Å²) >= 11 is 0. The van der Waals surface area contributed by atoms with Crippen LogP contribution in [0.4, 0.5) is 0 Å². The van der Waals surface area contributed by atoms with Gasteiger partial charge in [-0.05, 0) is 44.5 Å². The number of likely N-dealkylation sites (tertiary alicyclic amines) is 1. The van der Waals surface area contributed by atoms with E-state index < -0.39 is 0 Å². The molecule has 164 valence electrons. The number of primary amides is 1. The molecule has 0 bridgehead atoms. The Morgan fingerprint density at radius 2 is 2.13 bits per heavy atom. The van der Waals surface area contributed by atoms with E-state index in [1.54, 1.807) is 13.3 Å². The van der Waals surface area contributed by atoms with E-state index in [0.29, 0.717) is 12.4 Å². The lowest BCUT2D eigenvalue weighted by Crippen LogP contribution is -2.42. The summed E-state index contributed by atoms with van der Waals surface area (Å²) in [4.78, 5) is 22.5. The van der Waals surface area contributed by atoms with Crippen LogP contribution in [0.2, 0.25) is 0 Å². The van der Waals surface area contributed by atoms with Gasteiger partial charge in [-0.3, -0.25) is 9.79 Å². The molecule has 2 heterocycles. The fourth-order valence-electron chi connectivity index (χ4n) is 3.50. The van der Waals surface area contributed by atoms with Crippen molar-refractivity contribution in [2.75, 3.05) is 33.2 Å². The number of hydrogen-bond acceptors (Lipinski definition) is 5. The summed E-state index contributed by atoms with van der Waals surface area (Å²) in [6.07, 6.45) is 4.57. The summed E-state index contributed by atoms with van der Waals surface area (Å²) in [5.41, 5.74) is 7.22. The quantitative estimate of drug-likeness (QED) is 0.211. The van der Waals surface area contributed by atoms with Crippen molar-refractivity contribution < 1.29 is 9.21 Å². The van der Waals surface area contributed by atoms with Crippen LogP contribution in [-0.2, 0) is 11.3 Å². The number of nitrogens with two attached hydrogens (primary N) is 1. The largest absolute Gasteiger partial charge is 0.444 e. The molecule has 1 aliphatic heterocycles. The van der Waals surface area contributed by atoms with Crippen LogP contribution in [0, 0.1) is 5.92 Å². The Kier molecular flexibility index (Phi) is 10.1. The lowest BCUT2D eigenvalue weighted by molar-refractivity contribution is -0.123. The van der Waals surface area contributed by atoms with Gasteiger partial charge in [0.25, 0.3) is 0 Å². The standard InChI is InChI=1S/C21H30N6O2.HI/c1-23-21(24-10-6-12-27-11-5-9-17(14-27)19(22)28)25-13-18-15-29-20(26-18)16-7-3-2-4-8-16;/h2-4,7-8,15,17H,5-6,9-14H2,1H3,(H2,22,28)(H2,23,24,25);1H. The zero-order valence-electron chi connectivity index (χ0n) is 17.3. The topological polar surface area (TPSA) is 109 Å². The molecule has 0 radical (unpaired) electrons. The summed E-state index contributed by atoms with van der Waals surface area (Å²) in [7, 11) is 1.75. The molecule has 1 atom stereocenters. The number of guanidine groups is 1. The summed E-state index contributed by atoms with van der Waals surface area (Å²) in [5, 5.41) is 6.57. The van der Waals surface area contributed by atoms with Crippen molar-refractivity contribution in [3.63, 3.8) is 0 Å². The van der Waals surface area contributed by atoms with Crippen molar-refractivity contribution in [3.05, 3.63) is 42.3 Å². The second kappa shape index (κ2) is 12.5. The zero-order chi connectivity index (χ0) is 20.5. The molecule has 1 fully saturated rings. The minimum absolute atomic E-state index is 0. The number of halogens is 1. The number of nitrogens with zero attached hydrogens (tertiary/aromatic N) is 3. The number of carbonyl (C=O) groups is 1. The molecule has 1 aliphatic rings. The Balaban J connectivity index is 0.00000320. The smallest absolute Gasteiger partial charge is 0.226 e. The number of piperidine rings is 1. The van der Waals surface area contributed by atoms with Gasteiger partial charge in [0.05, 0.1) is 18.2 Å². The highest BCUT2D eigenvalue weighted by atomic mass is 127. The number of nitrogens with one attached hydrogen (secondary N) is 2. The van der Waals surface area contributed by atoms with Gasteiger partial charge >= 0.3 is 0 Å². The van der Waals surface area contributed by atoms with Crippen LogP contribution in [0.15, 0.2) is 46.0 Å². The Morgan fingerprint density at radius 1 is 1.33 bits per heavy atom. The number of oxazole rings is 1. The number of hydrogen-bond donors (Lipinski definition) is 3. The highest BCUT2D eigenvalue weighted by Gasteiger charge is 2.23. The second-order valence-electron chi connectivity index (χ2n) is 7.26. The maximum atomic E-state index is 11.4. The Bertz CT molecular complexity index is 811. The summed E-state index contributed by atoms with van der Waals surface area (Å²) in [5.74, 6) is 1.15. The van der Waals surface area contributed by atoms with E-state index in [1.165, 1.54) is 0 Å². The lowest BCUT2D eigenvalue weighted by Gasteiger charge is -2.31. The molecule has 0 spiro atoms. The number of aromatic nitrogens is 1. The maximum absolute atomic E-state index is 11.4. The highest BCUT2D eigenvalue weighted by Crippen LogP contribution is 2.18. The predicted molar refractivity (Wildman–Crippen MR) is 129 cm³/mol. The lowest BCUT2D eigenvalue weighted by atomic mass is 9.97. The molecular formula is C21H31IN6O2. The van der Waals surface area contributed by atoms with Crippen LogP contribution in [0.5, 0.6) is 0 Å². The molecule has 1 unspecified atom stereocenters. The molecule has 30 heavy (non-hydrogen) atoms. The first-order chi connectivity index (χ1) is 14.2. The molecule has 1 saturated heterocycles. The number of amides is 1. The van der Waals surface area contributed by atoms with Gasteiger partial charge in [0, 0.05) is 25.7 Å². The van der Waals surface area contributed by atoms with E-state index in [9.17, 15) is 4.79 Å². The minimum atomic E-state index is -0.180. The maximum Gasteiger partial charge on any atom is 0.226 e. The van der Waals surface area contributed by atoms with Crippen molar-refractivity contribution in [2.45, 2.75) is 25.8 Å². The van der Waals surface area contributed by atoms with E-state index >= 15 is 0 Å². The van der Waals surface area contributed by atoms with Crippen LogP contribution in [-0.4, -0.2) is 55.0 Å². The number of carbonyl (C=O) groups excluding carboxylic acids is 1. The molecule has 4 N–H and O–H groups in total. The number of aliphatic imine (C=N–C) groups is 1. The molecule has 3 rings (SSSR count). The van der Waals surface area contributed by atoms with E-state index in [1.807, 2.05) is 30.3 Å². The van der Waals surface area contributed by atoms with E-state index in [-0.39, 0.29) is 35.8 Å². The summed E-state index contributed by atoms with van der Waals surface area (Å²) in [6, 6.07) is 9.82. The molecule has 1 aromatic heterocycles. The van der Waals surface area contributed by atoms with E-state index in [2.05, 4.69) is 25.5 Å². The Morgan fingerprint density at radius 3 is 2.87 bits per heavy atom. The molecule has 1 aromatic carbocycles. The first-order valence-electron chi connectivity index (χ1n) is 10.1. The fourth-order valence-corrected chi connectivity index (χ4v) is 3.50. The zero-order valence-corrected chi connectivity index (χ0v) is 19.7. The molecule has 1 amide bonds. The van der Waals surface area contributed by atoms with Gasteiger partial charge < -0.3 is 25.7 Å². The minimum Gasteiger partial charge on any atom is -0.444 e. The van der Waals surface area contributed by atoms with Gasteiger partial charge in [0.2, 0.25) is 11.8 Å². The van der Waals surface area contributed by atoms with Gasteiger partial charge in [-0.1, -0.05) is 18.2 Å². The molecular weight excluding hydrogens is 495 g/mol. The van der Waals surface area contributed by atoms with Crippen LogP contribution in [0.3, 0.4) is 0 Å². The van der Waals surface area contributed by atoms with E-state index in [0.717, 1.165) is 62.7 Å². The van der Waals surface area contributed by atoms with Crippen molar-refractivity contribution in [2.24, 2.45) is 16.6 Å². The van der Waals surface area contributed by atoms with Gasteiger partial charge in [-0.15, -0.1) is 24.0 Å². The second-order valence-corrected chi connectivity index (χ2v) is 7.26.